The van der Waals surface area contributed by atoms with Crippen LogP contribution in [0, 0.1) is 13.8 Å². The predicted octanol–water partition coefficient (Wildman–Crippen LogP) is 3.24. The van der Waals surface area contributed by atoms with Crippen molar-refractivity contribution >= 4 is 32.9 Å². The van der Waals surface area contributed by atoms with Crippen LogP contribution in [-0.4, -0.2) is 51.1 Å². The number of methoxy groups -OCH3 is 1. The maximum absolute atomic E-state index is 10.7. The van der Waals surface area contributed by atoms with E-state index in [9.17, 15) is 9.90 Å². The van der Waals surface area contributed by atoms with Gasteiger partial charge in [-0.25, -0.2) is 9.48 Å². The molecule has 4 rings (SSSR count). The van der Waals surface area contributed by atoms with Crippen molar-refractivity contribution in [1.29, 1.82) is 0 Å². The molecular formula is C18H23N5O3S. The highest BCUT2D eigenvalue weighted by molar-refractivity contribution is 7.21. The lowest BCUT2D eigenvalue weighted by atomic mass is 10.1. The summed E-state index contributed by atoms with van der Waals surface area (Å²) in [5.74, 6) is 0.218. The molecule has 0 aliphatic carbocycles. The molecule has 9 heteroatoms. The molecule has 1 aromatic carbocycles. The molecule has 1 fully saturated rings. The van der Waals surface area contributed by atoms with Crippen LogP contribution >= 0.6 is 11.3 Å². The number of nitrogens with two attached hydrogens (primary N) is 1. The first-order chi connectivity index (χ1) is 12.9. The fraction of sp³-hybridized carbons (Fsp3) is 0.389. The van der Waals surface area contributed by atoms with Gasteiger partial charge in [0, 0.05) is 13.1 Å². The highest BCUT2D eigenvalue weighted by Gasteiger charge is 2.17. The summed E-state index contributed by atoms with van der Waals surface area (Å²) in [6.07, 6.45) is 3.89. The number of amides is 1. The number of hydrogen-bond donors (Lipinski definition) is 2. The van der Waals surface area contributed by atoms with Crippen molar-refractivity contribution in [1.82, 2.24) is 19.7 Å². The number of nitrogens with zero attached hydrogens (tertiary/aromatic N) is 4. The van der Waals surface area contributed by atoms with Gasteiger partial charge in [-0.15, -0.1) is 5.10 Å². The lowest BCUT2D eigenvalue weighted by Crippen LogP contribution is -2.27. The van der Waals surface area contributed by atoms with Crippen LogP contribution in [0.4, 0.5) is 9.93 Å². The van der Waals surface area contributed by atoms with Crippen LogP contribution in [0.25, 0.3) is 16.0 Å². The van der Waals surface area contributed by atoms with Gasteiger partial charge in [0.15, 0.2) is 10.8 Å². The van der Waals surface area contributed by atoms with Crippen molar-refractivity contribution in [3.63, 3.8) is 0 Å². The monoisotopic (exact) mass is 389 g/mol. The molecule has 0 radical (unpaired) electrons. The summed E-state index contributed by atoms with van der Waals surface area (Å²) in [6.45, 7) is 5.62. The molecule has 0 saturated carbocycles. The van der Waals surface area contributed by atoms with E-state index in [1.54, 1.807) is 15.6 Å². The average Bonchev–Trinajstić information content (AvgIpc) is 3.30. The van der Waals surface area contributed by atoms with Crippen molar-refractivity contribution in [2.24, 2.45) is 0 Å². The number of aromatic hydroxyl groups is 1. The smallest absolute Gasteiger partial charge is 0.409 e. The Hall–Kier alpha value is -2.81. The minimum atomic E-state index is -0.187. The van der Waals surface area contributed by atoms with Crippen LogP contribution < -0.4 is 5.73 Å². The van der Waals surface area contributed by atoms with Gasteiger partial charge >= 0.3 is 6.09 Å². The summed E-state index contributed by atoms with van der Waals surface area (Å²) in [7, 11) is 1.42. The average molecular weight is 389 g/mol. The molecule has 0 spiro atoms. The molecule has 3 aromatic rings. The van der Waals surface area contributed by atoms with Crippen molar-refractivity contribution in [3.8, 4) is 11.4 Å². The molecule has 8 nitrogen and oxygen atoms in total. The van der Waals surface area contributed by atoms with E-state index in [4.69, 9.17) is 5.73 Å². The summed E-state index contributed by atoms with van der Waals surface area (Å²) in [5.41, 5.74) is 8.89. The van der Waals surface area contributed by atoms with Gasteiger partial charge in [-0.3, -0.25) is 0 Å². The number of phenols is 1. The number of anilines is 1. The Bertz CT molecular complexity index is 905. The first-order valence-corrected chi connectivity index (χ1v) is 9.46. The molecule has 1 aliphatic rings. The van der Waals surface area contributed by atoms with Crippen LogP contribution in [0.15, 0.2) is 18.3 Å². The number of thiazole rings is 1. The first kappa shape index (κ1) is 19.0. The van der Waals surface area contributed by atoms with E-state index < -0.39 is 0 Å². The van der Waals surface area contributed by atoms with Gasteiger partial charge in [0.1, 0.15) is 11.4 Å². The molecule has 1 saturated heterocycles. The minimum Gasteiger partial charge on any atom is -0.506 e. The van der Waals surface area contributed by atoms with Gasteiger partial charge in [0.25, 0.3) is 0 Å². The van der Waals surface area contributed by atoms with Crippen molar-refractivity contribution < 1.29 is 14.6 Å². The number of phenolic OH excluding ortho intramolecular Hbond substituents is 1. The molecule has 1 aliphatic heterocycles. The van der Waals surface area contributed by atoms with Crippen molar-refractivity contribution in [2.45, 2.75) is 26.7 Å². The second-order valence-electron chi connectivity index (χ2n) is 6.43. The van der Waals surface area contributed by atoms with Gasteiger partial charge in [0.2, 0.25) is 0 Å². The van der Waals surface area contributed by atoms with E-state index in [2.05, 4.69) is 14.8 Å². The number of aromatic nitrogens is 3. The Morgan fingerprint density at radius 3 is 2.59 bits per heavy atom. The van der Waals surface area contributed by atoms with E-state index in [1.807, 2.05) is 26.1 Å². The van der Waals surface area contributed by atoms with Gasteiger partial charge in [0.05, 0.1) is 18.0 Å². The summed E-state index contributed by atoms with van der Waals surface area (Å²) in [5, 5.41) is 14.9. The van der Waals surface area contributed by atoms with Crippen LogP contribution in [0.3, 0.4) is 0 Å². The largest absolute Gasteiger partial charge is 0.506 e. The number of nitrogen functional groups attached to an aromatic ring is 1. The van der Waals surface area contributed by atoms with Crippen molar-refractivity contribution in [2.75, 3.05) is 25.9 Å². The number of rotatable bonds is 1. The van der Waals surface area contributed by atoms with Crippen LogP contribution in [0.2, 0.25) is 0 Å². The molecule has 3 heterocycles. The topological polar surface area (TPSA) is 106 Å². The van der Waals surface area contributed by atoms with E-state index in [0.29, 0.717) is 16.5 Å². The molecule has 3 N–H and O–H groups in total. The van der Waals surface area contributed by atoms with Crippen LogP contribution in [-0.2, 0) is 4.74 Å². The third-order valence-corrected chi connectivity index (χ3v) is 5.09. The normalized spacial score (nSPS) is 13.5. The van der Waals surface area contributed by atoms with Crippen LogP contribution in [0.5, 0.6) is 5.75 Å². The molecule has 0 bridgehead atoms. The van der Waals surface area contributed by atoms with E-state index >= 15 is 0 Å². The first-order valence-electron chi connectivity index (χ1n) is 8.64. The van der Waals surface area contributed by atoms with Gasteiger partial charge in [-0.05, 0) is 43.9 Å². The summed E-state index contributed by atoms with van der Waals surface area (Å²) in [4.78, 5) is 16.6. The molecular weight excluding hydrogens is 366 g/mol. The fourth-order valence-electron chi connectivity index (χ4n) is 3.12. The number of hydrogen-bond acceptors (Lipinski definition) is 7. The van der Waals surface area contributed by atoms with E-state index in [0.717, 1.165) is 41.8 Å². The quantitative estimate of drug-likeness (QED) is 0.662. The van der Waals surface area contributed by atoms with Gasteiger partial charge in [-0.2, -0.15) is 4.98 Å². The number of benzene rings is 1. The Balaban J connectivity index is 0.000000197. The zero-order valence-electron chi connectivity index (χ0n) is 15.6. The number of carbonyl (C=O) groups is 1. The van der Waals surface area contributed by atoms with Gasteiger partial charge < -0.3 is 20.5 Å². The molecule has 27 heavy (non-hydrogen) atoms. The molecule has 0 unspecified atom stereocenters. The minimum absolute atomic E-state index is 0.187. The SMILES string of the molecule is COC(=O)N1CCCC1.Cc1cc(C)c(-n2cc3sc(N)nc3n2)c(O)c1. The zero-order valence-corrected chi connectivity index (χ0v) is 16.4. The summed E-state index contributed by atoms with van der Waals surface area (Å²) >= 11 is 1.38. The van der Waals surface area contributed by atoms with Crippen molar-refractivity contribution in [3.05, 3.63) is 29.5 Å². The number of aryl methyl sites for hydroxylation is 2. The summed E-state index contributed by atoms with van der Waals surface area (Å²) < 4.78 is 7.08. The number of ether oxygens (including phenoxy) is 1. The highest BCUT2D eigenvalue weighted by atomic mass is 32.1. The van der Waals surface area contributed by atoms with Crippen LogP contribution in [0.1, 0.15) is 24.0 Å². The Morgan fingerprint density at radius 1 is 1.30 bits per heavy atom. The van der Waals surface area contributed by atoms with E-state index in [-0.39, 0.29) is 11.8 Å². The lowest BCUT2D eigenvalue weighted by Gasteiger charge is -2.11. The second kappa shape index (κ2) is 7.83. The summed E-state index contributed by atoms with van der Waals surface area (Å²) in [6, 6.07) is 3.73. The van der Waals surface area contributed by atoms with E-state index in [1.165, 1.54) is 18.4 Å². The molecule has 2 aromatic heterocycles. The Morgan fingerprint density at radius 2 is 2.00 bits per heavy atom. The molecule has 144 valence electrons. The number of fused-ring (bicyclic) bond motifs is 1. The maximum Gasteiger partial charge on any atom is 0.409 e. The third kappa shape index (κ3) is 4.13. The fourth-order valence-corrected chi connectivity index (χ4v) is 3.80. The molecule has 0 atom stereocenters. The number of carbonyl (C=O) groups excluding carboxylic acids is 1. The molecule has 1 amide bonds. The van der Waals surface area contributed by atoms with Gasteiger partial charge in [-0.1, -0.05) is 17.4 Å². The Kier molecular flexibility index (Phi) is 5.50. The second-order valence-corrected chi connectivity index (χ2v) is 7.49. The zero-order chi connectivity index (χ0) is 19.6. The maximum atomic E-state index is 10.7. The standard InChI is InChI=1S/C12H12N4OS.C6H11NO2/c1-6-3-7(2)10(8(17)4-6)16-5-9-11(15-16)14-12(13)18-9;1-9-6(8)7-4-2-3-5-7/h3-5,17H,1-2H3,(H2,13,14,15);2-5H2,1H3. The highest BCUT2D eigenvalue weighted by Crippen LogP contribution is 2.30. The number of likely N-dealkylation sites (tertiary alicyclic amines) is 1. The third-order valence-electron chi connectivity index (χ3n) is 4.29. The lowest BCUT2D eigenvalue weighted by molar-refractivity contribution is 0.133. The predicted molar refractivity (Wildman–Crippen MR) is 106 cm³/mol. The Labute approximate surface area is 161 Å².